The quantitative estimate of drug-likeness (QED) is 0.745. The molecular weight excluding hydrogens is 214 g/mol. The number of nitrogens with one attached hydrogen (secondary N) is 1. The minimum Gasteiger partial charge on any atom is -0.382 e. The third kappa shape index (κ3) is 5.36. The molecule has 0 aliphatic carbocycles. The Bertz CT molecular complexity index is 200. The van der Waals surface area contributed by atoms with Gasteiger partial charge in [-0.25, -0.2) is 0 Å². The van der Waals surface area contributed by atoms with E-state index in [1.165, 1.54) is 0 Å². The van der Waals surface area contributed by atoms with Crippen LogP contribution in [0.15, 0.2) is 0 Å². The van der Waals surface area contributed by atoms with Crippen molar-refractivity contribution in [3.8, 4) is 0 Å². The van der Waals surface area contributed by atoms with Gasteiger partial charge in [0.05, 0.1) is 6.10 Å². The van der Waals surface area contributed by atoms with Gasteiger partial charge in [-0.3, -0.25) is 0 Å². The third-order valence-electron chi connectivity index (χ3n) is 3.73. The summed E-state index contributed by atoms with van der Waals surface area (Å²) in [7, 11) is 1.80. The van der Waals surface area contributed by atoms with Crippen LogP contribution in [0.2, 0.25) is 0 Å². The van der Waals surface area contributed by atoms with Crippen molar-refractivity contribution in [3.63, 3.8) is 0 Å². The molecule has 3 nitrogen and oxygen atoms in total. The van der Waals surface area contributed by atoms with Crippen LogP contribution < -0.4 is 5.32 Å². The number of rotatable bonds is 7. The fourth-order valence-electron chi connectivity index (χ4n) is 2.58. The first-order chi connectivity index (χ1) is 8.08. The summed E-state index contributed by atoms with van der Waals surface area (Å²) in [5.74, 6) is 0.715. The summed E-state index contributed by atoms with van der Waals surface area (Å²) >= 11 is 0. The molecule has 0 saturated carbocycles. The van der Waals surface area contributed by atoms with E-state index < -0.39 is 0 Å². The average Bonchev–Trinajstić information content (AvgIpc) is 2.29. The maximum absolute atomic E-state index is 5.50. The number of ether oxygens (including phenoxy) is 2. The Kier molecular flexibility index (Phi) is 6.45. The molecule has 0 spiro atoms. The maximum Gasteiger partial charge on any atom is 0.0549 e. The van der Waals surface area contributed by atoms with E-state index >= 15 is 0 Å². The van der Waals surface area contributed by atoms with Crippen LogP contribution in [-0.2, 0) is 9.47 Å². The highest BCUT2D eigenvalue weighted by molar-refractivity contribution is 4.86. The molecule has 1 fully saturated rings. The van der Waals surface area contributed by atoms with Gasteiger partial charge in [0.2, 0.25) is 0 Å². The van der Waals surface area contributed by atoms with Gasteiger partial charge in [0.25, 0.3) is 0 Å². The van der Waals surface area contributed by atoms with Gasteiger partial charge < -0.3 is 14.8 Å². The molecule has 0 bridgehead atoms. The van der Waals surface area contributed by atoms with E-state index in [-0.39, 0.29) is 0 Å². The van der Waals surface area contributed by atoms with Crippen LogP contribution in [0.1, 0.15) is 40.0 Å². The first kappa shape index (κ1) is 14.9. The highest BCUT2D eigenvalue weighted by atomic mass is 16.5. The molecule has 1 atom stereocenters. The zero-order valence-electron chi connectivity index (χ0n) is 11.9. The van der Waals surface area contributed by atoms with Crippen molar-refractivity contribution in [2.45, 2.75) is 46.1 Å². The first-order valence-electron chi connectivity index (χ1n) is 6.89. The van der Waals surface area contributed by atoms with Crippen molar-refractivity contribution >= 4 is 0 Å². The van der Waals surface area contributed by atoms with Crippen LogP contribution >= 0.6 is 0 Å². The predicted molar refractivity (Wildman–Crippen MR) is 71.3 cm³/mol. The van der Waals surface area contributed by atoms with E-state index in [4.69, 9.17) is 9.47 Å². The van der Waals surface area contributed by atoms with Crippen LogP contribution in [0.25, 0.3) is 0 Å². The van der Waals surface area contributed by atoms with Gasteiger partial charge in [0.15, 0.2) is 0 Å². The lowest BCUT2D eigenvalue weighted by atomic mass is 9.75. The third-order valence-corrected chi connectivity index (χ3v) is 3.73. The molecule has 0 aromatic rings. The second kappa shape index (κ2) is 7.34. The Labute approximate surface area is 106 Å². The van der Waals surface area contributed by atoms with Crippen molar-refractivity contribution in [2.75, 3.05) is 33.4 Å². The molecule has 1 rings (SSSR count). The minimum absolute atomic E-state index is 0.342. The second-order valence-electron chi connectivity index (χ2n) is 5.89. The number of hydrogen-bond donors (Lipinski definition) is 1. The summed E-state index contributed by atoms with van der Waals surface area (Å²) in [6, 6.07) is 0. The molecule has 1 aliphatic rings. The zero-order valence-corrected chi connectivity index (χ0v) is 11.9. The minimum atomic E-state index is 0.342. The van der Waals surface area contributed by atoms with E-state index in [0.29, 0.717) is 17.4 Å². The maximum atomic E-state index is 5.50. The van der Waals surface area contributed by atoms with Crippen molar-refractivity contribution in [1.82, 2.24) is 5.32 Å². The molecule has 17 heavy (non-hydrogen) atoms. The first-order valence-corrected chi connectivity index (χ1v) is 6.89. The van der Waals surface area contributed by atoms with Crippen LogP contribution in [-0.4, -0.2) is 39.5 Å². The van der Waals surface area contributed by atoms with E-state index in [1.807, 2.05) is 0 Å². The van der Waals surface area contributed by atoms with Gasteiger partial charge in [0, 0.05) is 26.9 Å². The van der Waals surface area contributed by atoms with E-state index in [2.05, 4.69) is 26.1 Å². The van der Waals surface area contributed by atoms with Crippen LogP contribution in [0, 0.1) is 11.3 Å². The lowest BCUT2D eigenvalue weighted by molar-refractivity contribution is -0.0189. The summed E-state index contributed by atoms with van der Waals surface area (Å²) in [5, 5.41) is 3.61. The molecule has 1 N–H and O–H groups in total. The predicted octanol–water partition coefficient (Wildman–Crippen LogP) is 2.45. The molecule has 0 aromatic carbocycles. The summed E-state index contributed by atoms with van der Waals surface area (Å²) in [6.45, 7) is 10.7. The lowest BCUT2D eigenvalue weighted by Gasteiger charge is -2.39. The van der Waals surface area contributed by atoms with Gasteiger partial charge >= 0.3 is 0 Å². The molecular formula is C14H29NO2. The zero-order chi connectivity index (χ0) is 12.7. The second-order valence-corrected chi connectivity index (χ2v) is 5.89. The fraction of sp³-hybridized carbons (Fsp3) is 1.00. The summed E-state index contributed by atoms with van der Waals surface area (Å²) < 4.78 is 10.9. The smallest absolute Gasteiger partial charge is 0.0549 e. The van der Waals surface area contributed by atoms with E-state index in [9.17, 15) is 0 Å². The molecule has 1 saturated heterocycles. The Hall–Kier alpha value is -0.120. The van der Waals surface area contributed by atoms with Crippen molar-refractivity contribution in [3.05, 3.63) is 0 Å². The number of hydrogen-bond acceptors (Lipinski definition) is 3. The van der Waals surface area contributed by atoms with Crippen molar-refractivity contribution in [2.24, 2.45) is 11.3 Å². The summed E-state index contributed by atoms with van der Waals surface area (Å²) in [6.07, 6.45) is 3.80. The molecule has 3 heteroatoms. The monoisotopic (exact) mass is 243 g/mol. The highest BCUT2D eigenvalue weighted by Gasteiger charge is 2.33. The number of methoxy groups -OCH3 is 1. The van der Waals surface area contributed by atoms with Crippen LogP contribution in [0.3, 0.4) is 0 Å². The molecule has 0 radical (unpaired) electrons. The van der Waals surface area contributed by atoms with Crippen molar-refractivity contribution < 1.29 is 9.47 Å². The Morgan fingerprint density at radius 3 is 2.41 bits per heavy atom. The molecule has 0 amide bonds. The van der Waals surface area contributed by atoms with Crippen LogP contribution in [0.4, 0.5) is 0 Å². The normalized spacial score (nSPS) is 21.7. The van der Waals surface area contributed by atoms with Crippen molar-refractivity contribution in [1.29, 1.82) is 0 Å². The van der Waals surface area contributed by atoms with E-state index in [0.717, 1.165) is 45.6 Å². The highest BCUT2D eigenvalue weighted by Crippen LogP contribution is 2.35. The van der Waals surface area contributed by atoms with Gasteiger partial charge in [-0.05, 0) is 44.1 Å². The topological polar surface area (TPSA) is 30.5 Å². The Balaban J connectivity index is 2.46. The van der Waals surface area contributed by atoms with E-state index in [1.54, 1.807) is 7.11 Å². The standard InChI is InChI=1S/C14H29NO2/c1-12(2)10-15-11-14(9-13(3)16-4)5-7-17-8-6-14/h12-13,15H,5-11H2,1-4H3. The largest absolute Gasteiger partial charge is 0.382 e. The average molecular weight is 243 g/mol. The molecule has 0 aromatic heterocycles. The van der Waals surface area contributed by atoms with Gasteiger partial charge in [0.1, 0.15) is 0 Å². The van der Waals surface area contributed by atoms with Gasteiger partial charge in [-0.1, -0.05) is 13.8 Å². The Morgan fingerprint density at radius 1 is 1.24 bits per heavy atom. The molecule has 1 aliphatic heterocycles. The van der Waals surface area contributed by atoms with Gasteiger partial charge in [-0.2, -0.15) is 0 Å². The summed E-state index contributed by atoms with van der Waals surface area (Å²) in [5.41, 5.74) is 0.378. The molecule has 102 valence electrons. The van der Waals surface area contributed by atoms with Crippen LogP contribution in [0.5, 0.6) is 0 Å². The fourth-order valence-corrected chi connectivity index (χ4v) is 2.58. The van der Waals surface area contributed by atoms with Gasteiger partial charge in [-0.15, -0.1) is 0 Å². The Morgan fingerprint density at radius 2 is 1.88 bits per heavy atom. The summed E-state index contributed by atoms with van der Waals surface area (Å²) in [4.78, 5) is 0. The lowest BCUT2D eigenvalue weighted by Crippen LogP contribution is -2.42. The SMILES string of the molecule is COC(C)CC1(CNCC(C)C)CCOCC1. The molecule has 1 heterocycles. The molecule has 1 unspecified atom stereocenters.